The van der Waals surface area contributed by atoms with Crippen molar-refractivity contribution in [3.8, 4) is 0 Å². The number of hydrogen-bond acceptors (Lipinski definition) is 3. The summed E-state index contributed by atoms with van der Waals surface area (Å²) in [5.74, 6) is 0.186. The van der Waals surface area contributed by atoms with Gasteiger partial charge in [0.2, 0.25) is 5.91 Å². The van der Waals surface area contributed by atoms with Crippen LogP contribution in [0.25, 0.3) is 0 Å². The van der Waals surface area contributed by atoms with E-state index in [2.05, 4.69) is 36.3 Å². The van der Waals surface area contributed by atoms with Gasteiger partial charge in [-0.15, -0.1) is 0 Å². The van der Waals surface area contributed by atoms with Gasteiger partial charge in [-0.3, -0.25) is 9.69 Å². The van der Waals surface area contributed by atoms with E-state index in [0.717, 1.165) is 32.5 Å². The summed E-state index contributed by atoms with van der Waals surface area (Å²) in [6, 6.07) is 0.855. The molecule has 0 aliphatic carbocycles. The summed E-state index contributed by atoms with van der Waals surface area (Å²) in [6.07, 6.45) is 4.43. The molecule has 4 nitrogen and oxygen atoms in total. The van der Waals surface area contributed by atoms with Gasteiger partial charge >= 0.3 is 0 Å². The van der Waals surface area contributed by atoms with Crippen molar-refractivity contribution in [2.75, 3.05) is 19.6 Å². The number of carbonyl (C=O) groups is 1. The Labute approximate surface area is 118 Å². The van der Waals surface area contributed by atoms with Crippen molar-refractivity contribution < 1.29 is 4.79 Å². The van der Waals surface area contributed by atoms with E-state index < -0.39 is 0 Å². The van der Waals surface area contributed by atoms with Gasteiger partial charge in [0.05, 0.1) is 6.04 Å². The number of rotatable bonds is 7. The van der Waals surface area contributed by atoms with Crippen LogP contribution in [0.1, 0.15) is 53.4 Å². The van der Waals surface area contributed by atoms with Gasteiger partial charge in [-0.2, -0.15) is 0 Å². The molecule has 1 aliphatic heterocycles. The predicted octanol–water partition coefficient (Wildman–Crippen LogP) is 1.75. The van der Waals surface area contributed by atoms with Gasteiger partial charge < -0.3 is 10.6 Å². The van der Waals surface area contributed by atoms with Crippen LogP contribution in [0, 0.1) is 0 Å². The van der Waals surface area contributed by atoms with Gasteiger partial charge in [0.15, 0.2) is 0 Å². The van der Waals surface area contributed by atoms with Gasteiger partial charge in [0.1, 0.15) is 0 Å². The second kappa shape index (κ2) is 8.54. The molecule has 0 saturated carbocycles. The average molecular weight is 269 g/mol. The normalized spacial score (nSPS) is 22.5. The van der Waals surface area contributed by atoms with Crippen molar-refractivity contribution in [2.45, 2.75) is 71.5 Å². The maximum absolute atomic E-state index is 12.3. The summed E-state index contributed by atoms with van der Waals surface area (Å²) in [6.45, 7) is 11.5. The topological polar surface area (TPSA) is 44.4 Å². The molecule has 0 aromatic heterocycles. The quantitative estimate of drug-likeness (QED) is 0.740. The molecular weight excluding hydrogens is 238 g/mol. The summed E-state index contributed by atoms with van der Waals surface area (Å²) in [5, 5.41) is 6.66. The van der Waals surface area contributed by atoms with Crippen LogP contribution in [-0.4, -0.2) is 48.6 Å². The van der Waals surface area contributed by atoms with E-state index >= 15 is 0 Å². The lowest BCUT2D eigenvalue weighted by Gasteiger charge is -2.36. The van der Waals surface area contributed by atoms with E-state index in [9.17, 15) is 4.79 Å². The zero-order valence-electron chi connectivity index (χ0n) is 13.0. The molecule has 112 valence electrons. The summed E-state index contributed by atoms with van der Waals surface area (Å²) >= 11 is 0. The van der Waals surface area contributed by atoms with Crippen molar-refractivity contribution in [2.24, 2.45) is 0 Å². The molecular formula is C15H31N3O. The Morgan fingerprint density at radius 1 is 1.32 bits per heavy atom. The minimum atomic E-state index is -0.0120. The Bertz CT molecular complexity index is 264. The molecule has 1 heterocycles. The molecule has 1 amide bonds. The monoisotopic (exact) mass is 269 g/mol. The maximum Gasteiger partial charge on any atom is 0.237 e. The average Bonchev–Trinajstić information content (AvgIpc) is 2.44. The molecule has 1 fully saturated rings. The lowest BCUT2D eigenvalue weighted by atomic mass is 10.0. The highest BCUT2D eigenvalue weighted by Gasteiger charge is 2.27. The third-order valence-corrected chi connectivity index (χ3v) is 4.20. The highest BCUT2D eigenvalue weighted by molar-refractivity contribution is 5.81. The zero-order valence-corrected chi connectivity index (χ0v) is 13.0. The fraction of sp³-hybridized carbons (Fsp3) is 0.933. The van der Waals surface area contributed by atoms with Gasteiger partial charge in [0, 0.05) is 18.6 Å². The van der Waals surface area contributed by atoms with Crippen molar-refractivity contribution >= 4 is 5.91 Å². The van der Waals surface area contributed by atoms with Crippen molar-refractivity contribution in [1.82, 2.24) is 15.5 Å². The van der Waals surface area contributed by atoms with Gasteiger partial charge in [-0.1, -0.05) is 20.8 Å². The molecule has 1 aliphatic rings. The molecule has 1 rings (SSSR count). The largest absolute Gasteiger partial charge is 0.352 e. The molecule has 0 spiro atoms. The Kier molecular flexibility index (Phi) is 7.39. The molecule has 2 atom stereocenters. The Balaban J connectivity index is 2.46. The van der Waals surface area contributed by atoms with Crippen LogP contribution in [0.15, 0.2) is 0 Å². The van der Waals surface area contributed by atoms with Crippen LogP contribution in [0.2, 0.25) is 0 Å². The number of carbonyl (C=O) groups excluding carboxylic acids is 1. The second-order valence-electron chi connectivity index (χ2n) is 5.59. The molecule has 4 heteroatoms. The maximum atomic E-state index is 12.3. The first-order valence-corrected chi connectivity index (χ1v) is 7.90. The molecule has 0 radical (unpaired) electrons. The lowest BCUT2D eigenvalue weighted by Crippen LogP contribution is -2.54. The van der Waals surface area contributed by atoms with E-state index in [1.54, 1.807) is 0 Å². The predicted molar refractivity (Wildman–Crippen MR) is 80.2 cm³/mol. The molecule has 19 heavy (non-hydrogen) atoms. The molecule has 2 N–H and O–H groups in total. The molecule has 2 unspecified atom stereocenters. The second-order valence-corrected chi connectivity index (χ2v) is 5.59. The number of likely N-dealkylation sites (N-methyl/N-ethyl adjacent to an activating group) is 1. The number of hydrogen-bond donors (Lipinski definition) is 2. The van der Waals surface area contributed by atoms with Crippen molar-refractivity contribution in [3.63, 3.8) is 0 Å². The summed E-state index contributed by atoms with van der Waals surface area (Å²) in [7, 11) is 0. The van der Waals surface area contributed by atoms with Gasteiger partial charge in [0.25, 0.3) is 0 Å². The SMILES string of the molecule is CCNC1CCCN(C(C)C(=O)NC(CC)CC)C1. The minimum Gasteiger partial charge on any atom is -0.352 e. The summed E-state index contributed by atoms with van der Waals surface area (Å²) in [4.78, 5) is 14.6. The van der Waals surface area contributed by atoms with Crippen LogP contribution in [0.3, 0.4) is 0 Å². The Hall–Kier alpha value is -0.610. The van der Waals surface area contributed by atoms with Crippen LogP contribution in [0.5, 0.6) is 0 Å². The smallest absolute Gasteiger partial charge is 0.237 e. The molecule has 0 bridgehead atoms. The number of likely N-dealkylation sites (tertiary alicyclic amines) is 1. The highest BCUT2D eigenvalue weighted by Crippen LogP contribution is 2.13. The molecule has 0 aromatic rings. The third kappa shape index (κ3) is 5.11. The minimum absolute atomic E-state index is 0.0120. The first-order chi connectivity index (χ1) is 9.12. The zero-order chi connectivity index (χ0) is 14.3. The van der Waals surface area contributed by atoms with E-state index in [0.29, 0.717) is 12.1 Å². The third-order valence-electron chi connectivity index (χ3n) is 4.20. The first kappa shape index (κ1) is 16.4. The van der Waals surface area contributed by atoms with E-state index in [4.69, 9.17) is 0 Å². The molecule has 0 aromatic carbocycles. The van der Waals surface area contributed by atoms with E-state index in [1.807, 2.05) is 6.92 Å². The first-order valence-electron chi connectivity index (χ1n) is 7.90. The highest BCUT2D eigenvalue weighted by atomic mass is 16.2. The number of nitrogens with one attached hydrogen (secondary N) is 2. The van der Waals surface area contributed by atoms with E-state index in [-0.39, 0.29) is 11.9 Å². The Morgan fingerprint density at radius 3 is 2.58 bits per heavy atom. The Morgan fingerprint density at radius 2 is 2.00 bits per heavy atom. The van der Waals surface area contributed by atoms with Gasteiger partial charge in [-0.25, -0.2) is 0 Å². The standard InChI is InChI=1S/C15H31N3O/c1-5-13(6-2)17-15(19)12(4)18-10-8-9-14(11-18)16-7-3/h12-14,16H,5-11H2,1-4H3,(H,17,19). The summed E-state index contributed by atoms with van der Waals surface area (Å²) < 4.78 is 0. The van der Waals surface area contributed by atoms with Crippen LogP contribution in [0.4, 0.5) is 0 Å². The number of amides is 1. The molecule has 1 saturated heterocycles. The lowest BCUT2D eigenvalue weighted by molar-refractivity contribution is -0.127. The van der Waals surface area contributed by atoms with Crippen LogP contribution >= 0.6 is 0 Å². The van der Waals surface area contributed by atoms with Crippen molar-refractivity contribution in [3.05, 3.63) is 0 Å². The van der Waals surface area contributed by atoms with Gasteiger partial charge in [-0.05, 0) is 45.7 Å². The van der Waals surface area contributed by atoms with Crippen molar-refractivity contribution in [1.29, 1.82) is 0 Å². The fourth-order valence-corrected chi connectivity index (χ4v) is 2.79. The summed E-state index contributed by atoms with van der Waals surface area (Å²) in [5.41, 5.74) is 0. The fourth-order valence-electron chi connectivity index (χ4n) is 2.79. The number of nitrogens with zero attached hydrogens (tertiary/aromatic N) is 1. The van der Waals surface area contributed by atoms with E-state index in [1.165, 1.54) is 12.8 Å². The number of piperidine rings is 1. The van der Waals surface area contributed by atoms with Crippen LogP contribution < -0.4 is 10.6 Å². The van der Waals surface area contributed by atoms with Crippen LogP contribution in [-0.2, 0) is 4.79 Å².